The van der Waals surface area contributed by atoms with E-state index < -0.39 is 5.82 Å². The third-order valence-electron chi connectivity index (χ3n) is 2.98. The Bertz CT molecular complexity index is 426. The molecule has 0 aliphatic rings. The third kappa shape index (κ3) is 4.42. The Morgan fingerprint density at radius 3 is 2.72 bits per heavy atom. The quantitative estimate of drug-likeness (QED) is 0.778. The average molecular weight is 252 g/mol. The topological polar surface area (TPSA) is 27.0 Å². The lowest BCUT2D eigenvalue weighted by Gasteiger charge is -2.19. The summed E-state index contributed by atoms with van der Waals surface area (Å²) >= 11 is 0. The molecule has 1 unspecified atom stereocenters. The van der Waals surface area contributed by atoms with Crippen molar-refractivity contribution in [3.05, 3.63) is 35.4 Å². The van der Waals surface area contributed by atoms with Gasteiger partial charge in [0.05, 0.1) is 12.0 Å². The second-order valence-corrected chi connectivity index (χ2v) is 4.48. The Morgan fingerprint density at radius 1 is 1.39 bits per heavy atom. The van der Waals surface area contributed by atoms with Gasteiger partial charge in [0.1, 0.15) is 11.6 Å². The molecule has 2 nitrogen and oxygen atoms in total. The summed E-state index contributed by atoms with van der Waals surface area (Å²) in [6, 6.07) is 5.72. The number of rotatable bonds is 6. The first-order valence-corrected chi connectivity index (χ1v) is 6.09. The van der Waals surface area contributed by atoms with E-state index in [4.69, 9.17) is 5.26 Å². The number of hydrogen-bond donors (Lipinski definition) is 0. The lowest BCUT2D eigenvalue weighted by Crippen LogP contribution is -2.27. The van der Waals surface area contributed by atoms with Crippen LogP contribution in [0.4, 0.5) is 8.78 Å². The summed E-state index contributed by atoms with van der Waals surface area (Å²) < 4.78 is 26.3. The molecule has 0 spiro atoms. The van der Waals surface area contributed by atoms with E-state index in [1.165, 1.54) is 6.07 Å². The number of nitrogens with zero attached hydrogens (tertiary/aromatic N) is 2. The SMILES string of the molecule is CCC(C#N)CN(C)CCc1cc(F)ccc1F. The number of likely N-dealkylation sites (N-methyl/N-ethyl adjacent to an activating group) is 1. The van der Waals surface area contributed by atoms with E-state index in [2.05, 4.69) is 6.07 Å². The Kier molecular flexibility index (Phi) is 5.73. The van der Waals surface area contributed by atoms with Crippen LogP contribution in [-0.2, 0) is 6.42 Å². The molecule has 0 aliphatic carbocycles. The van der Waals surface area contributed by atoms with Gasteiger partial charge in [-0.1, -0.05) is 6.92 Å². The summed E-state index contributed by atoms with van der Waals surface area (Å²) in [4.78, 5) is 1.97. The predicted molar refractivity (Wildman–Crippen MR) is 67.0 cm³/mol. The number of benzene rings is 1. The molecule has 0 N–H and O–H groups in total. The summed E-state index contributed by atoms with van der Waals surface area (Å²) in [5.41, 5.74) is 0.381. The molecule has 1 atom stereocenters. The fourth-order valence-electron chi connectivity index (χ4n) is 1.77. The average Bonchev–Trinajstić information content (AvgIpc) is 2.37. The smallest absolute Gasteiger partial charge is 0.126 e. The molecule has 0 amide bonds. The van der Waals surface area contributed by atoms with E-state index in [0.29, 0.717) is 25.1 Å². The molecule has 0 bridgehead atoms. The van der Waals surface area contributed by atoms with Gasteiger partial charge in [-0.15, -0.1) is 0 Å². The maximum atomic E-state index is 13.4. The molecule has 98 valence electrons. The van der Waals surface area contributed by atoms with Gasteiger partial charge in [-0.3, -0.25) is 0 Å². The molecule has 0 aliphatic heterocycles. The van der Waals surface area contributed by atoms with Crippen molar-refractivity contribution in [2.24, 2.45) is 5.92 Å². The summed E-state index contributed by atoms with van der Waals surface area (Å²) in [6.07, 6.45) is 1.25. The van der Waals surface area contributed by atoms with Gasteiger partial charge in [-0.2, -0.15) is 5.26 Å². The molecule has 4 heteroatoms. The minimum atomic E-state index is -0.419. The van der Waals surface area contributed by atoms with Crippen LogP contribution in [0.25, 0.3) is 0 Å². The van der Waals surface area contributed by atoms with Crippen molar-refractivity contribution in [1.29, 1.82) is 5.26 Å². The first-order valence-electron chi connectivity index (χ1n) is 6.09. The van der Waals surface area contributed by atoms with Crippen LogP contribution in [0.15, 0.2) is 18.2 Å². The van der Waals surface area contributed by atoms with Gasteiger partial charge in [0.2, 0.25) is 0 Å². The van der Waals surface area contributed by atoms with Crippen molar-refractivity contribution < 1.29 is 8.78 Å². The summed E-state index contributed by atoms with van der Waals surface area (Å²) in [6.45, 7) is 3.23. The van der Waals surface area contributed by atoms with Crippen molar-refractivity contribution in [3.8, 4) is 6.07 Å². The largest absolute Gasteiger partial charge is 0.305 e. The van der Waals surface area contributed by atoms with E-state index >= 15 is 0 Å². The summed E-state index contributed by atoms with van der Waals surface area (Å²) in [5.74, 6) is -0.804. The maximum Gasteiger partial charge on any atom is 0.126 e. The normalized spacial score (nSPS) is 12.4. The molecule has 0 aromatic heterocycles. The maximum absolute atomic E-state index is 13.4. The van der Waals surface area contributed by atoms with Crippen molar-refractivity contribution in [2.75, 3.05) is 20.1 Å². The zero-order chi connectivity index (χ0) is 13.5. The summed E-state index contributed by atoms with van der Waals surface area (Å²) in [7, 11) is 1.89. The van der Waals surface area contributed by atoms with Gasteiger partial charge in [0, 0.05) is 13.1 Å². The first kappa shape index (κ1) is 14.6. The highest BCUT2D eigenvalue weighted by atomic mass is 19.1. The molecule has 0 fully saturated rings. The Balaban J connectivity index is 2.50. The Labute approximate surface area is 107 Å². The number of halogens is 2. The van der Waals surface area contributed by atoms with Crippen LogP contribution in [0.2, 0.25) is 0 Å². The zero-order valence-electron chi connectivity index (χ0n) is 10.8. The van der Waals surface area contributed by atoms with E-state index in [-0.39, 0.29) is 11.7 Å². The van der Waals surface area contributed by atoms with Crippen LogP contribution in [0.1, 0.15) is 18.9 Å². The van der Waals surface area contributed by atoms with Crippen molar-refractivity contribution in [3.63, 3.8) is 0 Å². The lowest BCUT2D eigenvalue weighted by molar-refractivity contribution is 0.302. The van der Waals surface area contributed by atoms with Crippen molar-refractivity contribution in [2.45, 2.75) is 19.8 Å². The van der Waals surface area contributed by atoms with Crippen molar-refractivity contribution >= 4 is 0 Å². The third-order valence-corrected chi connectivity index (χ3v) is 2.98. The van der Waals surface area contributed by atoms with E-state index in [0.717, 1.165) is 18.6 Å². The van der Waals surface area contributed by atoms with Gasteiger partial charge >= 0.3 is 0 Å². The monoisotopic (exact) mass is 252 g/mol. The van der Waals surface area contributed by atoms with E-state index in [9.17, 15) is 8.78 Å². The Morgan fingerprint density at radius 2 is 2.11 bits per heavy atom. The van der Waals surface area contributed by atoms with Crippen LogP contribution in [0.3, 0.4) is 0 Å². The molecule has 1 aromatic rings. The van der Waals surface area contributed by atoms with Gasteiger partial charge in [0.25, 0.3) is 0 Å². The molecule has 0 saturated carbocycles. The van der Waals surface area contributed by atoms with Crippen LogP contribution in [0, 0.1) is 28.9 Å². The first-order chi connectivity index (χ1) is 8.56. The zero-order valence-corrected chi connectivity index (χ0v) is 10.8. The minimum Gasteiger partial charge on any atom is -0.305 e. The second-order valence-electron chi connectivity index (χ2n) is 4.48. The van der Waals surface area contributed by atoms with E-state index in [1.807, 2.05) is 18.9 Å². The van der Waals surface area contributed by atoms with Gasteiger partial charge in [0.15, 0.2) is 0 Å². The fourth-order valence-corrected chi connectivity index (χ4v) is 1.77. The van der Waals surface area contributed by atoms with Crippen molar-refractivity contribution in [1.82, 2.24) is 4.90 Å². The van der Waals surface area contributed by atoms with Gasteiger partial charge < -0.3 is 4.90 Å². The van der Waals surface area contributed by atoms with Crippen LogP contribution in [-0.4, -0.2) is 25.0 Å². The molecule has 1 rings (SSSR count). The van der Waals surface area contributed by atoms with Crippen LogP contribution in [0.5, 0.6) is 0 Å². The van der Waals surface area contributed by atoms with Gasteiger partial charge in [-0.05, 0) is 43.7 Å². The molecule has 0 radical (unpaired) electrons. The predicted octanol–water partition coefficient (Wildman–Crippen LogP) is 2.99. The molecule has 0 saturated heterocycles. The molecular weight excluding hydrogens is 234 g/mol. The molecule has 18 heavy (non-hydrogen) atoms. The highest BCUT2D eigenvalue weighted by molar-refractivity contribution is 5.19. The summed E-state index contributed by atoms with van der Waals surface area (Å²) in [5, 5.41) is 8.85. The highest BCUT2D eigenvalue weighted by Crippen LogP contribution is 2.11. The standard InChI is InChI=1S/C14H18F2N2/c1-3-11(9-17)10-18(2)7-6-12-8-13(15)4-5-14(12)16/h4-5,8,11H,3,6-7,10H2,1-2H3. The second kappa shape index (κ2) is 7.07. The fraction of sp³-hybridized carbons (Fsp3) is 0.500. The molecule has 1 aromatic carbocycles. The lowest BCUT2D eigenvalue weighted by atomic mass is 10.1. The highest BCUT2D eigenvalue weighted by Gasteiger charge is 2.10. The van der Waals surface area contributed by atoms with Crippen LogP contribution >= 0.6 is 0 Å². The minimum absolute atomic E-state index is 0.00708. The molecular formula is C14H18F2N2. The molecule has 0 heterocycles. The van der Waals surface area contributed by atoms with Gasteiger partial charge in [-0.25, -0.2) is 8.78 Å². The Hall–Kier alpha value is -1.47. The van der Waals surface area contributed by atoms with E-state index in [1.54, 1.807) is 0 Å². The number of nitriles is 1. The van der Waals surface area contributed by atoms with Crippen LogP contribution < -0.4 is 0 Å². The number of hydrogen-bond acceptors (Lipinski definition) is 2.